The number of ether oxygens (including phenoxy) is 1. The molecule has 3 aromatic carbocycles. The lowest BCUT2D eigenvalue weighted by atomic mass is 9.98. The number of carboxylic acids is 1. The molecule has 0 radical (unpaired) electrons. The molecule has 0 aliphatic heterocycles. The number of alkyl carbamates (subject to hydrolysis) is 1. The van der Waals surface area contributed by atoms with Gasteiger partial charge in [-0.05, 0) is 34.7 Å². The molecule has 0 saturated carbocycles. The van der Waals surface area contributed by atoms with Crippen molar-refractivity contribution in [1.29, 1.82) is 0 Å². The topological polar surface area (TPSA) is 116 Å². The average molecular weight is 482 g/mol. The second-order valence-electron chi connectivity index (χ2n) is 8.07. The molecular weight excluding hydrogens is 458 g/mol. The van der Waals surface area contributed by atoms with E-state index < -0.39 is 24.3 Å². The van der Waals surface area contributed by atoms with Gasteiger partial charge in [0, 0.05) is 18.0 Å². The first kappa shape index (κ1) is 23.8. The summed E-state index contributed by atoms with van der Waals surface area (Å²) in [6.07, 6.45) is -3.29. The van der Waals surface area contributed by atoms with Gasteiger partial charge in [-0.15, -0.1) is 0 Å². The van der Waals surface area contributed by atoms with Crippen LogP contribution in [0.1, 0.15) is 45.5 Å². The molecule has 2 unspecified atom stereocenters. The van der Waals surface area contributed by atoms with Crippen LogP contribution in [0.25, 0.3) is 11.1 Å². The van der Waals surface area contributed by atoms with Gasteiger partial charge in [0.05, 0.1) is 16.7 Å². The van der Waals surface area contributed by atoms with Crippen molar-refractivity contribution in [3.8, 4) is 11.1 Å². The van der Waals surface area contributed by atoms with E-state index in [2.05, 4.69) is 17.4 Å². The molecule has 2 atom stereocenters. The maximum Gasteiger partial charge on any atom is 0.407 e. The normalized spacial score (nSPS) is 14.1. The van der Waals surface area contributed by atoms with Crippen molar-refractivity contribution in [2.75, 3.05) is 13.2 Å². The number of carbonyl (C=O) groups excluding carboxylic acids is 1. The number of carboxylic acid groups (broad SMARTS) is 1. The van der Waals surface area contributed by atoms with E-state index >= 15 is 0 Å². The molecule has 0 fully saturated rings. The minimum absolute atomic E-state index is 0.0129. The summed E-state index contributed by atoms with van der Waals surface area (Å²) in [5.74, 6) is -1.29. The van der Waals surface area contributed by atoms with Crippen molar-refractivity contribution in [3.05, 3.63) is 94.0 Å². The molecule has 8 heteroatoms. The van der Waals surface area contributed by atoms with E-state index in [1.165, 1.54) is 18.2 Å². The van der Waals surface area contributed by atoms with Crippen LogP contribution in [-0.4, -0.2) is 46.6 Å². The quantitative estimate of drug-likeness (QED) is 0.380. The lowest BCUT2D eigenvalue weighted by Crippen LogP contribution is -2.30. The highest BCUT2D eigenvalue weighted by Gasteiger charge is 2.29. The molecule has 4 rings (SSSR count). The number of aromatic carboxylic acids is 1. The molecule has 0 bridgehead atoms. The van der Waals surface area contributed by atoms with Crippen LogP contribution >= 0.6 is 11.6 Å². The minimum atomic E-state index is -1.41. The van der Waals surface area contributed by atoms with Gasteiger partial charge in [0.2, 0.25) is 0 Å². The van der Waals surface area contributed by atoms with Gasteiger partial charge >= 0.3 is 12.1 Å². The number of hydrogen-bond donors (Lipinski definition) is 4. The predicted molar refractivity (Wildman–Crippen MR) is 127 cm³/mol. The summed E-state index contributed by atoms with van der Waals surface area (Å²) in [6.45, 7) is 0.216. The Labute approximate surface area is 201 Å². The Balaban J connectivity index is 1.30. The third-order valence-electron chi connectivity index (χ3n) is 6.00. The van der Waals surface area contributed by atoms with Crippen LogP contribution in [0.3, 0.4) is 0 Å². The number of fused-ring (bicyclic) bond motifs is 3. The Kier molecular flexibility index (Phi) is 7.17. The fourth-order valence-corrected chi connectivity index (χ4v) is 4.60. The van der Waals surface area contributed by atoms with Gasteiger partial charge in [-0.1, -0.05) is 72.3 Å². The summed E-state index contributed by atoms with van der Waals surface area (Å²) in [5, 5.41) is 32.3. The van der Waals surface area contributed by atoms with Crippen molar-refractivity contribution in [1.82, 2.24) is 5.32 Å². The van der Waals surface area contributed by atoms with Gasteiger partial charge in [-0.2, -0.15) is 0 Å². The third kappa shape index (κ3) is 4.77. The highest BCUT2D eigenvalue weighted by Crippen LogP contribution is 2.44. The van der Waals surface area contributed by atoms with E-state index in [0.29, 0.717) is 0 Å². The molecule has 3 aromatic rings. The van der Waals surface area contributed by atoms with Crippen LogP contribution in [0.15, 0.2) is 66.7 Å². The smallest absolute Gasteiger partial charge is 0.407 e. The summed E-state index contributed by atoms with van der Waals surface area (Å²) >= 11 is 6.06. The second-order valence-corrected chi connectivity index (χ2v) is 8.45. The second kappa shape index (κ2) is 10.3. The number of aliphatic hydroxyl groups is 2. The number of nitrogens with one attached hydrogen (secondary N) is 1. The number of benzene rings is 3. The van der Waals surface area contributed by atoms with E-state index in [9.17, 15) is 19.8 Å². The average Bonchev–Trinajstić information content (AvgIpc) is 3.16. The molecule has 7 nitrogen and oxygen atoms in total. The lowest BCUT2D eigenvalue weighted by Gasteiger charge is -2.20. The van der Waals surface area contributed by atoms with Gasteiger partial charge in [0.25, 0.3) is 0 Å². The molecule has 176 valence electrons. The fourth-order valence-electron chi connectivity index (χ4n) is 4.28. The lowest BCUT2D eigenvalue weighted by molar-refractivity contribution is 0.0136. The molecule has 4 N–H and O–H groups in total. The molecule has 0 spiro atoms. The zero-order valence-corrected chi connectivity index (χ0v) is 18.9. The Bertz CT molecular complexity index is 1170. The van der Waals surface area contributed by atoms with Crippen molar-refractivity contribution in [2.45, 2.75) is 24.5 Å². The van der Waals surface area contributed by atoms with Crippen LogP contribution in [0, 0.1) is 0 Å². The van der Waals surface area contributed by atoms with E-state index in [4.69, 9.17) is 21.4 Å². The van der Waals surface area contributed by atoms with Crippen LogP contribution < -0.4 is 5.32 Å². The third-order valence-corrected chi connectivity index (χ3v) is 6.42. The highest BCUT2D eigenvalue weighted by molar-refractivity contribution is 6.34. The zero-order chi connectivity index (χ0) is 24.2. The first-order valence-electron chi connectivity index (χ1n) is 10.8. The maximum atomic E-state index is 12.3. The highest BCUT2D eigenvalue weighted by atomic mass is 35.5. The van der Waals surface area contributed by atoms with E-state index in [0.717, 1.165) is 22.3 Å². The van der Waals surface area contributed by atoms with Crippen LogP contribution in [0.5, 0.6) is 0 Å². The predicted octanol–water partition coefficient (Wildman–Crippen LogP) is 4.36. The van der Waals surface area contributed by atoms with Gasteiger partial charge in [0.15, 0.2) is 0 Å². The number of rotatable bonds is 8. The van der Waals surface area contributed by atoms with Crippen LogP contribution in [0.4, 0.5) is 4.79 Å². The summed E-state index contributed by atoms with van der Waals surface area (Å²) < 4.78 is 5.45. The summed E-state index contributed by atoms with van der Waals surface area (Å²) in [5.41, 5.74) is 4.42. The van der Waals surface area contributed by atoms with Crippen molar-refractivity contribution >= 4 is 23.7 Å². The van der Waals surface area contributed by atoms with Gasteiger partial charge in [-0.3, -0.25) is 0 Å². The van der Waals surface area contributed by atoms with E-state index in [-0.39, 0.29) is 41.6 Å². The number of halogens is 1. The largest absolute Gasteiger partial charge is 0.478 e. The Morgan fingerprint density at radius 1 is 0.941 bits per heavy atom. The molecule has 0 aromatic heterocycles. The van der Waals surface area contributed by atoms with E-state index in [1.807, 2.05) is 36.4 Å². The number of hydrogen-bond acceptors (Lipinski definition) is 5. The Morgan fingerprint density at radius 3 is 2.18 bits per heavy atom. The summed E-state index contributed by atoms with van der Waals surface area (Å²) in [7, 11) is 0. The van der Waals surface area contributed by atoms with Gasteiger partial charge < -0.3 is 25.4 Å². The maximum absolute atomic E-state index is 12.3. The SMILES string of the molecule is O=C(NCCC(O)C(O)c1cccc(C(=O)O)c1Cl)OCC1c2ccccc2-c2ccccc21. The first-order valence-corrected chi connectivity index (χ1v) is 11.2. The minimum Gasteiger partial charge on any atom is -0.478 e. The summed E-state index contributed by atoms with van der Waals surface area (Å²) in [6, 6.07) is 20.3. The summed E-state index contributed by atoms with van der Waals surface area (Å²) in [4.78, 5) is 23.5. The molecule has 1 aliphatic rings. The van der Waals surface area contributed by atoms with Crippen LogP contribution in [0.2, 0.25) is 5.02 Å². The number of amides is 1. The van der Waals surface area contributed by atoms with E-state index in [1.54, 1.807) is 0 Å². The van der Waals surface area contributed by atoms with Gasteiger partial charge in [0.1, 0.15) is 12.7 Å². The first-order chi connectivity index (χ1) is 16.4. The Hall–Kier alpha value is -3.39. The van der Waals surface area contributed by atoms with Gasteiger partial charge in [-0.25, -0.2) is 9.59 Å². The fraction of sp³-hybridized carbons (Fsp3) is 0.231. The standard InChI is InChI=1S/C26H24ClNO6/c27-23-19(10-5-11-20(23)25(31)32)24(30)22(29)12-13-28-26(33)34-14-21-17-8-3-1-6-15(17)16-7-2-4-9-18(16)21/h1-11,21-22,24,29-30H,12-14H2,(H,28,33)(H,31,32). The van der Waals surface area contributed by atoms with Crippen LogP contribution in [-0.2, 0) is 4.74 Å². The zero-order valence-electron chi connectivity index (χ0n) is 18.1. The number of carbonyl (C=O) groups is 2. The molecule has 0 saturated heterocycles. The molecule has 34 heavy (non-hydrogen) atoms. The number of aliphatic hydroxyl groups excluding tert-OH is 2. The Morgan fingerprint density at radius 2 is 1.56 bits per heavy atom. The monoisotopic (exact) mass is 481 g/mol. The molecule has 0 heterocycles. The molecule has 1 aliphatic carbocycles. The van der Waals surface area contributed by atoms with Crippen molar-refractivity contribution < 1.29 is 29.6 Å². The van der Waals surface area contributed by atoms with Crippen molar-refractivity contribution in [3.63, 3.8) is 0 Å². The molecular formula is C26H24ClNO6. The molecule has 1 amide bonds. The van der Waals surface area contributed by atoms with Crippen molar-refractivity contribution in [2.24, 2.45) is 0 Å².